The minimum Gasteiger partial charge on any atom is -0.378 e. The molecule has 18 heavy (non-hydrogen) atoms. The van der Waals surface area contributed by atoms with E-state index in [1.54, 1.807) is 6.20 Å². The lowest BCUT2D eigenvalue weighted by Crippen LogP contribution is -2.03. The van der Waals surface area contributed by atoms with Crippen molar-refractivity contribution in [2.45, 2.75) is 27.3 Å². The van der Waals surface area contributed by atoms with E-state index in [-0.39, 0.29) is 0 Å². The fourth-order valence-corrected chi connectivity index (χ4v) is 2.08. The molecule has 0 radical (unpaired) electrons. The number of benzene rings is 1. The molecular formula is C15H17ClN2. The Bertz CT molecular complexity index is 564. The van der Waals surface area contributed by atoms with Gasteiger partial charge in [-0.1, -0.05) is 35.4 Å². The van der Waals surface area contributed by atoms with Crippen LogP contribution < -0.4 is 5.32 Å². The molecule has 0 aliphatic heterocycles. The number of aromatic nitrogens is 1. The zero-order valence-corrected chi connectivity index (χ0v) is 11.7. The minimum absolute atomic E-state index is 0.519. The molecule has 0 spiro atoms. The Hall–Kier alpha value is -1.54. The molecule has 0 aliphatic carbocycles. The summed E-state index contributed by atoms with van der Waals surface area (Å²) in [5.74, 6) is 0. The van der Waals surface area contributed by atoms with Crippen molar-refractivity contribution >= 4 is 17.3 Å². The number of halogens is 1. The third-order valence-corrected chi connectivity index (χ3v) is 3.24. The second kappa shape index (κ2) is 5.40. The highest BCUT2D eigenvalue weighted by atomic mass is 35.5. The topological polar surface area (TPSA) is 24.9 Å². The Morgan fingerprint density at radius 2 is 1.89 bits per heavy atom. The number of anilines is 1. The van der Waals surface area contributed by atoms with Gasteiger partial charge in [-0.05, 0) is 43.5 Å². The first-order chi connectivity index (χ1) is 8.56. The van der Waals surface area contributed by atoms with Gasteiger partial charge in [0.2, 0.25) is 0 Å². The molecule has 3 heteroatoms. The summed E-state index contributed by atoms with van der Waals surface area (Å²) in [6.07, 6.45) is 1.77. The molecule has 0 bridgehead atoms. The summed E-state index contributed by atoms with van der Waals surface area (Å²) >= 11 is 6.05. The number of hydrogen-bond donors (Lipinski definition) is 1. The quantitative estimate of drug-likeness (QED) is 0.834. The normalized spacial score (nSPS) is 10.4. The van der Waals surface area contributed by atoms with Crippen LogP contribution in [0.25, 0.3) is 0 Å². The van der Waals surface area contributed by atoms with Gasteiger partial charge in [0.05, 0.1) is 5.69 Å². The van der Waals surface area contributed by atoms with Crippen molar-refractivity contribution in [3.8, 4) is 0 Å². The van der Waals surface area contributed by atoms with Crippen LogP contribution in [0, 0.1) is 20.8 Å². The summed E-state index contributed by atoms with van der Waals surface area (Å²) in [6, 6.07) is 8.47. The molecule has 2 aromatic rings. The molecule has 0 fully saturated rings. The molecular weight excluding hydrogens is 244 g/mol. The predicted molar refractivity (Wildman–Crippen MR) is 77.2 cm³/mol. The van der Waals surface area contributed by atoms with Gasteiger partial charge < -0.3 is 5.32 Å². The summed E-state index contributed by atoms with van der Waals surface area (Å²) in [6.45, 7) is 6.99. The lowest BCUT2D eigenvalue weighted by molar-refractivity contribution is 1.10. The number of hydrogen-bond acceptors (Lipinski definition) is 2. The molecule has 2 rings (SSSR count). The van der Waals surface area contributed by atoms with Crippen molar-refractivity contribution in [3.63, 3.8) is 0 Å². The Morgan fingerprint density at radius 1 is 1.11 bits per heavy atom. The van der Waals surface area contributed by atoms with Gasteiger partial charge in [0.25, 0.3) is 0 Å². The van der Waals surface area contributed by atoms with Crippen LogP contribution in [0.2, 0.25) is 5.15 Å². The van der Waals surface area contributed by atoms with E-state index in [1.807, 2.05) is 13.0 Å². The van der Waals surface area contributed by atoms with Gasteiger partial charge in [-0.3, -0.25) is 0 Å². The first kappa shape index (κ1) is 12.9. The van der Waals surface area contributed by atoms with Gasteiger partial charge in [-0.2, -0.15) is 0 Å². The minimum atomic E-state index is 0.519. The highest BCUT2D eigenvalue weighted by Crippen LogP contribution is 2.21. The van der Waals surface area contributed by atoms with Crippen LogP contribution in [-0.2, 0) is 6.54 Å². The van der Waals surface area contributed by atoms with Crippen LogP contribution >= 0.6 is 11.6 Å². The van der Waals surface area contributed by atoms with Crippen molar-refractivity contribution in [3.05, 3.63) is 57.9 Å². The zero-order chi connectivity index (χ0) is 13.1. The molecule has 0 saturated heterocycles. The van der Waals surface area contributed by atoms with Crippen LogP contribution in [0.4, 0.5) is 5.69 Å². The first-order valence-corrected chi connectivity index (χ1v) is 6.36. The highest BCUT2D eigenvalue weighted by Gasteiger charge is 2.03. The summed E-state index contributed by atoms with van der Waals surface area (Å²) in [5, 5.41) is 3.85. The predicted octanol–water partition coefficient (Wildman–Crippen LogP) is 4.27. The number of rotatable bonds is 3. The third-order valence-electron chi connectivity index (χ3n) is 2.94. The van der Waals surface area contributed by atoms with Crippen molar-refractivity contribution < 1.29 is 0 Å². The van der Waals surface area contributed by atoms with Crippen molar-refractivity contribution in [1.29, 1.82) is 0 Å². The maximum absolute atomic E-state index is 6.05. The van der Waals surface area contributed by atoms with Gasteiger partial charge in [0.1, 0.15) is 0 Å². The highest BCUT2D eigenvalue weighted by molar-refractivity contribution is 6.31. The molecule has 0 atom stereocenters. The SMILES string of the molecule is Cc1ccc(CNc2cc(C)cnc2Cl)c(C)c1. The summed E-state index contributed by atoms with van der Waals surface area (Å²) < 4.78 is 0. The molecule has 0 saturated carbocycles. The number of nitrogens with one attached hydrogen (secondary N) is 1. The molecule has 0 unspecified atom stereocenters. The van der Waals surface area contributed by atoms with Crippen molar-refractivity contribution in [2.75, 3.05) is 5.32 Å². The molecule has 1 aromatic heterocycles. The Kier molecular flexibility index (Phi) is 3.87. The van der Waals surface area contributed by atoms with E-state index in [0.717, 1.165) is 17.8 Å². The average molecular weight is 261 g/mol. The van der Waals surface area contributed by atoms with Crippen LogP contribution in [0.15, 0.2) is 30.5 Å². The lowest BCUT2D eigenvalue weighted by Gasteiger charge is -2.11. The first-order valence-electron chi connectivity index (χ1n) is 5.98. The fraction of sp³-hybridized carbons (Fsp3) is 0.267. The molecule has 1 N–H and O–H groups in total. The van der Waals surface area contributed by atoms with Crippen molar-refractivity contribution in [2.24, 2.45) is 0 Å². The monoisotopic (exact) mass is 260 g/mol. The third kappa shape index (κ3) is 3.02. The zero-order valence-electron chi connectivity index (χ0n) is 10.9. The van der Waals surface area contributed by atoms with Crippen LogP contribution in [0.1, 0.15) is 22.3 Å². The van der Waals surface area contributed by atoms with E-state index < -0.39 is 0 Å². The summed E-state index contributed by atoms with van der Waals surface area (Å²) in [4.78, 5) is 4.13. The van der Waals surface area contributed by atoms with Crippen LogP contribution in [0.5, 0.6) is 0 Å². The Labute approximate surface area is 113 Å². The Balaban J connectivity index is 2.13. The average Bonchev–Trinajstić information content (AvgIpc) is 2.32. The molecule has 0 aliphatic rings. The van der Waals surface area contributed by atoms with E-state index in [4.69, 9.17) is 11.6 Å². The van der Waals surface area contributed by atoms with E-state index >= 15 is 0 Å². The van der Waals surface area contributed by atoms with Crippen LogP contribution in [-0.4, -0.2) is 4.98 Å². The van der Waals surface area contributed by atoms with Gasteiger partial charge in [0, 0.05) is 12.7 Å². The fourth-order valence-electron chi connectivity index (χ4n) is 1.91. The Morgan fingerprint density at radius 3 is 2.61 bits per heavy atom. The maximum atomic E-state index is 6.05. The van der Waals surface area contributed by atoms with Gasteiger partial charge in [0.15, 0.2) is 5.15 Å². The van der Waals surface area contributed by atoms with E-state index in [1.165, 1.54) is 16.7 Å². The van der Waals surface area contributed by atoms with Gasteiger partial charge in [-0.25, -0.2) is 4.98 Å². The molecule has 2 nitrogen and oxygen atoms in total. The van der Waals surface area contributed by atoms with Crippen LogP contribution in [0.3, 0.4) is 0 Å². The summed E-state index contributed by atoms with van der Waals surface area (Å²) in [7, 11) is 0. The van der Waals surface area contributed by atoms with E-state index in [0.29, 0.717) is 5.15 Å². The number of nitrogens with zero attached hydrogens (tertiary/aromatic N) is 1. The molecule has 0 amide bonds. The van der Waals surface area contributed by atoms with E-state index in [9.17, 15) is 0 Å². The molecule has 1 heterocycles. The summed E-state index contributed by atoms with van der Waals surface area (Å²) in [5.41, 5.74) is 5.84. The van der Waals surface area contributed by atoms with Crippen molar-refractivity contribution in [1.82, 2.24) is 4.98 Å². The lowest BCUT2D eigenvalue weighted by atomic mass is 10.1. The molecule has 94 valence electrons. The second-order valence-corrected chi connectivity index (χ2v) is 4.99. The molecule has 1 aromatic carbocycles. The van der Waals surface area contributed by atoms with Gasteiger partial charge >= 0.3 is 0 Å². The number of aryl methyl sites for hydroxylation is 3. The smallest absolute Gasteiger partial charge is 0.152 e. The largest absolute Gasteiger partial charge is 0.378 e. The number of pyridine rings is 1. The second-order valence-electron chi connectivity index (χ2n) is 4.63. The van der Waals surface area contributed by atoms with E-state index in [2.05, 4.69) is 42.3 Å². The van der Waals surface area contributed by atoms with Gasteiger partial charge in [-0.15, -0.1) is 0 Å². The standard InChI is InChI=1S/C15H17ClN2/c1-10-4-5-13(12(3)6-10)9-17-14-7-11(2)8-18-15(14)16/h4-8,17H,9H2,1-3H3. The maximum Gasteiger partial charge on any atom is 0.152 e.